The Hall–Kier alpha value is -2.12. The van der Waals surface area contributed by atoms with Crippen LogP contribution >= 0.6 is 0 Å². The number of hydrogen-bond acceptors (Lipinski definition) is 5. The van der Waals surface area contributed by atoms with Gasteiger partial charge >= 0.3 is 0 Å². The van der Waals surface area contributed by atoms with Crippen LogP contribution in [-0.4, -0.2) is 33.7 Å². The van der Waals surface area contributed by atoms with Crippen LogP contribution in [0.2, 0.25) is 0 Å². The molecule has 0 aliphatic carbocycles. The zero-order valence-electron chi connectivity index (χ0n) is 13.7. The lowest BCUT2D eigenvalue weighted by Crippen LogP contribution is -2.26. The normalized spacial score (nSPS) is 11.4. The Morgan fingerprint density at radius 2 is 2.08 bits per heavy atom. The first kappa shape index (κ1) is 18.2. The van der Waals surface area contributed by atoms with E-state index >= 15 is 0 Å². The van der Waals surface area contributed by atoms with Crippen LogP contribution in [0, 0.1) is 6.92 Å². The Bertz CT molecular complexity index is 781. The molecule has 1 N–H and O–H groups in total. The Balaban J connectivity index is 1.80. The van der Waals surface area contributed by atoms with Crippen LogP contribution < -0.4 is 5.32 Å². The Labute approximate surface area is 141 Å². The summed E-state index contributed by atoms with van der Waals surface area (Å²) < 4.78 is 33.8. The summed E-state index contributed by atoms with van der Waals surface area (Å²) in [6.07, 6.45) is 3.36. The van der Waals surface area contributed by atoms with Crippen LogP contribution in [0.15, 0.2) is 45.9 Å². The number of carbonyl (C=O) groups is 1. The van der Waals surface area contributed by atoms with E-state index < -0.39 is 9.84 Å². The van der Waals surface area contributed by atoms with Gasteiger partial charge in [-0.2, -0.15) is 0 Å². The van der Waals surface area contributed by atoms with Crippen molar-refractivity contribution in [3.05, 3.63) is 53.5 Å². The molecule has 0 fully saturated rings. The van der Waals surface area contributed by atoms with E-state index in [1.165, 1.54) is 12.1 Å². The highest BCUT2D eigenvalue weighted by Crippen LogP contribution is 2.15. The maximum Gasteiger partial charge on any atom is 0.251 e. The molecule has 1 heterocycles. The van der Waals surface area contributed by atoms with Gasteiger partial charge in [-0.1, -0.05) is 6.07 Å². The minimum absolute atomic E-state index is 0.139. The summed E-state index contributed by atoms with van der Waals surface area (Å²) in [7, 11) is -3.34. The third-order valence-corrected chi connectivity index (χ3v) is 4.57. The minimum atomic E-state index is -3.34. The van der Waals surface area contributed by atoms with Crippen molar-refractivity contribution in [1.82, 2.24) is 5.32 Å². The third-order valence-electron chi connectivity index (χ3n) is 3.46. The molecule has 24 heavy (non-hydrogen) atoms. The molecule has 7 heteroatoms. The summed E-state index contributed by atoms with van der Waals surface area (Å²) >= 11 is 0. The van der Waals surface area contributed by atoms with Gasteiger partial charge in [0, 0.05) is 25.0 Å². The monoisotopic (exact) mass is 351 g/mol. The number of hydrogen-bond donors (Lipinski definition) is 1. The fourth-order valence-electron chi connectivity index (χ4n) is 2.12. The van der Waals surface area contributed by atoms with Crippen molar-refractivity contribution in [2.45, 2.75) is 24.8 Å². The van der Waals surface area contributed by atoms with Gasteiger partial charge in [-0.05, 0) is 43.2 Å². The molecule has 0 radical (unpaired) electrons. The van der Waals surface area contributed by atoms with Crippen molar-refractivity contribution < 1.29 is 22.4 Å². The van der Waals surface area contributed by atoms with E-state index in [0.29, 0.717) is 31.7 Å². The largest absolute Gasteiger partial charge is 0.467 e. The fourth-order valence-corrected chi connectivity index (χ4v) is 2.76. The molecule has 0 spiro atoms. The van der Waals surface area contributed by atoms with Gasteiger partial charge in [0.1, 0.15) is 12.4 Å². The minimum Gasteiger partial charge on any atom is -0.467 e. The van der Waals surface area contributed by atoms with Crippen LogP contribution in [0.5, 0.6) is 0 Å². The topological polar surface area (TPSA) is 85.6 Å². The van der Waals surface area contributed by atoms with E-state index in [-0.39, 0.29) is 10.8 Å². The van der Waals surface area contributed by atoms with Gasteiger partial charge < -0.3 is 14.5 Å². The highest BCUT2D eigenvalue weighted by Gasteiger charge is 2.14. The van der Waals surface area contributed by atoms with Gasteiger partial charge in [0.05, 0.1) is 11.2 Å². The van der Waals surface area contributed by atoms with Crippen LogP contribution in [0.3, 0.4) is 0 Å². The number of amides is 1. The summed E-state index contributed by atoms with van der Waals surface area (Å²) in [4.78, 5) is 12.3. The molecule has 2 aromatic rings. The molecular formula is C17H21NO5S. The predicted octanol–water partition coefficient (Wildman–Crippen LogP) is 2.33. The Morgan fingerprint density at radius 1 is 1.29 bits per heavy atom. The molecular weight excluding hydrogens is 330 g/mol. The maximum atomic E-state index is 12.2. The Morgan fingerprint density at radius 3 is 2.75 bits per heavy atom. The van der Waals surface area contributed by atoms with Crippen molar-refractivity contribution in [3.8, 4) is 0 Å². The van der Waals surface area contributed by atoms with Gasteiger partial charge in [-0.15, -0.1) is 0 Å². The molecule has 6 nitrogen and oxygen atoms in total. The van der Waals surface area contributed by atoms with E-state index in [1.54, 1.807) is 25.3 Å². The molecule has 0 saturated heterocycles. The second kappa shape index (κ2) is 8.12. The van der Waals surface area contributed by atoms with Crippen molar-refractivity contribution >= 4 is 15.7 Å². The zero-order valence-corrected chi connectivity index (χ0v) is 14.6. The maximum absolute atomic E-state index is 12.2. The standard InChI is InChI=1S/C17H21NO5S/c1-13-6-7-15(24(2,20)21)11-16(13)17(19)18-8-4-9-22-12-14-5-3-10-23-14/h3,5-7,10-11H,4,8-9,12H2,1-2H3,(H,18,19). The molecule has 0 unspecified atom stereocenters. The lowest BCUT2D eigenvalue weighted by Gasteiger charge is -2.09. The molecule has 0 saturated carbocycles. The SMILES string of the molecule is Cc1ccc(S(C)(=O)=O)cc1C(=O)NCCCOCc1ccco1. The number of carbonyl (C=O) groups excluding carboxylic acids is 1. The zero-order chi connectivity index (χ0) is 17.6. The van der Waals surface area contributed by atoms with E-state index in [2.05, 4.69) is 5.32 Å². The summed E-state index contributed by atoms with van der Waals surface area (Å²) in [6, 6.07) is 8.18. The molecule has 1 aromatic carbocycles. The molecule has 2 rings (SSSR count). The molecule has 0 bridgehead atoms. The lowest BCUT2D eigenvalue weighted by atomic mass is 10.1. The van der Waals surface area contributed by atoms with Crippen LogP contribution in [-0.2, 0) is 21.2 Å². The molecule has 130 valence electrons. The number of furan rings is 1. The summed E-state index contributed by atoms with van der Waals surface area (Å²) in [5, 5.41) is 2.77. The van der Waals surface area contributed by atoms with E-state index in [9.17, 15) is 13.2 Å². The molecule has 0 aliphatic rings. The predicted molar refractivity (Wildman–Crippen MR) is 89.6 cm³/mol. The second-order valence-electron chi connectivity index (χ2n) is 5.49. The first-order valence-electron chi connectivity index (χ1n) is 7.57. The smallest absolute Gasteiger partial charge is 0.251 e. The van der Waals surface area contributed by atoms with E-state index in [1.807, 2.05) is 6.07 Å². The summed E-state index contributed by atoms with van der Waals surface area (Å²) in [5.41, 5.74) is 1.10. The van der Waals surface area contributed by atoms with Gasteiger partial charge in [0.15, 0.2) is 9.84 Å². The van der Waals surface area contributed by atoms with E-state index in [4.69, 9.17) is 9.15 Å². The number of ether oxygens (including phenoxy) is 1. The molecule has 0 atom stereocenters. The van der Waals surface area contributed by atoms with E-state index in [0.717, 1.165) is 17.6 Å². The molecule has 0 aliphatic heterocycles. The first-order chi connectivity index (χ1) is 11.4. The van der Waals surface area contributed by atoms with Crippen molar-refractivity contribution in [2.24, 2.45) is 0 Å². The van der Waals surface area contributed by atoms with Gasteiger partial charge in [0.2, 0.25) is 0 Å². The number of benzene rings is 1. The van der Waals surface area contributed by atoms with Gasteiger partial charge in [-0.25, -0.2) is 8.42 Å². The highest BCUT2D eigenvalue weighted by atomic mass is 32.2. The highest BCUT2D eigenvalue weighted by molar-refractivity contribution is 7.90. The number of sulfone groups is 1. The number of rotatable bonds is 8. The second-order valence-corrected chi connectivity index (χ2v) is 7.51. The van der Waals surface area contributed by atoms with Crippen LogP contribution in [0.1, 0.15) is 28.1 Å². The quantitative estimate of drug-likeness (QED) is 0.738. The van der Waals surface area contributed by atoms with Crippen LogP contribution in [0.25, 0.3) is 0 Å². The van der Waals surface area contributed by atoms with Gasteiger partial charge in [-0.3, -0.25) is 4.79 Å². The van der Waals surface area contributed by atoms with Crippen molar-refractivity contribution in [2.75, 3.05) is 19.4 Å². The van der Waals surface area contributed by atoms with Crippen molar-refractivity contribution in [3.63, 3.8) is 0 Å². The number of nitrogens with one attached hydrogen (secondary N) is 1. The summed E-state index contributed by atoms with van der Waals surface area (Å²) in [5.74, 6) is 0.469. The number of aryl methyl sites for hydroxylation is 1. The molecule has 1 amide bonds. The average Bonchev–Trinajstić information content (AvgIpc) is 3.03. The average molecular weight is 351 g/mol. The van der Waals surface area contributed by atoms with Gasteiger partial charge in [0.25, 0.3) is 5.91 Å². The summed E-state index contributed by atoms with van der Waals surface area (Å²) in [6.45, 7) is 3.10. The first-order valence-corrected chi connectivity index (χ1v) is 9.46. The Kier molecular flexibility index (Phi) is 6.16. The fraction of sp³-hybridized carbons (Fsp3) is 0.353. The van der Waals surface area contributed by atoms with Crippen LogP contribution in [0.4, 0.5) is 0 Å². The molecule has 1 aromatic heterocycles. The lowest BCUT2D eigenvalue weighted by molar-refractivity contribution is 0.0916. The van der Waals surface area contributed by atoms with Crippen molar-refractivity contribution in [1.29, 1.82) is 0 Å². The third kappa shape index (κ3) is 5.21.